The predicted molar refractivity (Wildman–Crippen MR) is 51.1 cm³/mol. The van der Waals surface area contributed by atoms with Crippen LogP contribution in [0.1, 0.15) is 37.8 Å². The van der Waals surface area contributed by atoms with Gasteiger partial charge in [-0.25, -0.2) is 0 Å². The van der Waals surface area contributed by atoms with Crippen LogP contribution in [0.2, 0.25) is 0 Å². The van der Waals surface area contributed by atoms with Gasteiger partial charge in [0.2, 0.25) is 0 Å². The van der Waals surface area contributed by atoms with E-state index in [9.17, 15) is 0 Å². The van der Waals surface area contributed by atoms with Gasteiger partial charge in [-0.15, -0.1) is 11.3 Å². The van der Waals surface area contributed by atoms with E-state index in [0.29, 0.717) is 0 Å². The minimum absolute atomic E-state index is 1.21. The molecule has 0 fully saturated rings. The molecule has 0 aliphatic rings. The van der Waals surface area contributed by atoms with Gasteiger partial charge in [0.25, 0.3) is 0 Å². The van der Waals surface area contributed by atoms with Gasteiger partial charge in [-0.3, -0.25) is 0 Å². The molecule has 0 unspecified atom stereocenters. The van der Waals surface area contributed by atoms with Crippen LogP contribution in [-0.2, 0) is 12.8 Å². The number of hydrogen-bond acceptors (Lipinski definition) is 1. The zero-order chi connectivity index (χ0) is 8.10. The highest BCUT2D eigenvalue weighted by Crippen LogP contribution is 2.17. The summed E-state index contributed by atoms with van der Waals surface area (Å²) >= 11 is 1.72. The monoisotopic (exact) mass is 167 g/mol. The van der Waals surface area contributed by atoms with Crippen LogP contribution >= 0.6 is 11.3 Å². The molecule has 1 radical (unpaired) electrons. The van der Waals surface area contributed by atoms with Gasteiger partial charge in [0.1, 0.15) is 0 Å². The zero-order valence-corrected chi connectivity index (χ0v) is 8.13. The molecule has 1 heterocycles. The number of aryl methyl sites for hydroxylation is 2. The van der Waals surface area contributed by atoms with Crippen LogP contribution in [0.3, 0.4) is 0 Å². The first-order valence-electron chi connectivity index (χ1n) is 4.35. The minimum Gasteiger partial charge on any atom is -0.142 e. The Morgan fingerprint density at radius 3 is 2.64 bits per heavy atom. The Hall–Kier alpha value is -0.300. The summed E-state index contributed by atoms with van der Waals surface area (Å²) in [5.41, 5.74) is 2.98. The normalized spacial score (nSPS) is 10.4. The van der Waals surface area contributed by atoms with Crippen molar-refractivity contribution in [1.29, 1.82) is 0 Å². The number of thiophene rings is 1. The predicted octanol–water partition coefficient (Wildman–Crippen LogP) is 3.45. The Kier molecular flexibility index (Phi) is 3.64. The zero-order valence-electron chi connectivity index (χ0n) is 7.31. The van der Waals surface area contributed by atoms with E-state index in [4.69, 9.17) is 0 Å². The SMILES string of the molecule is CCCc1[c]scc1CCC. The second-order valence-corrected chi connectivity index (χ2v) is 3.52. The first-order chi connectivity index (χ1) is 5.38. The molecule has 61 valence electrons. The van der Waals surface area contributed by atoms with Gasteiger partial charge >= 0.3 is 0 Å². The molecular formula is C10H15S. The maximum atomic E-state index is 3.33. The summed E-state index contributed by atoms with van der Waals surface area (Å²) in [5, 5.41) is 5.58. The van der Waals surface area contributed by atoms with E-state index in [1.165, 1.54) is 36.8 Å². The molecule has 0 atom stereocenters. The molecule has 11 heavy (non-hydrogen) atoms. The van der Waals surface area contributed by atoms with Crippen molar-refractivity contribution in [1.82, 2.24) is 0 Å². The molecule has 0 amide bonds. The molecule has 0 aliphatic carbocycles. The largest absolute Gasteiger partial charge is 0.142 e. The molecule has 0 aromatic carbocycles. The second-order valence-electron chi connectivity index (χ2n) is 2.84. The van der Waals surface area contributed by atoms with Crippen molar-refractivity contribution in [2.24, 2.45) is 0 Å². The van der Waals surface area contributed by atoms with E-state index in [-0.39, 0.29) is 0 Å². The third kappa shape index (κ3) is 2.33. The quantitative estimate of drug-likeness (QED) is 0.644. The highest BCUT2D eigenvalue weighted by atomic mass is 32.1. The number of rotatable bonds is 4. The molecule has 0 aliphatic heterocycles. The van der Waals surface area contributed by atoms with E-state index >= 15 is 0 Å². The lowest BCUT2D eigenvalue weighted by molar-refractivity contribution is 0.868. The van der Waals surface area contributed by atoms with Crippen LogP contribution in [-0.4, -0.2) is 0 Å². The molecule has 1 heteroatoms. The fourth-order valence-electron chi connectivity index (χ4n) is 1.25. The van der Waals surface area contributed by atoms with Crippen LogP contribution in [0.5, 0.6) is 0 Å². The van der Waals surface area contributed by atoms with Gasteiger partial charge in [-0.2, -0.15) is 0 Å². The molecule has 0 spiro atoms. The van der Waals surface area contributed by atoms with Crippen LogP contribution in [0.15, 0.2) is 5.38 Å². The van der Waals surface area contributed by atoms with Crippen molar-refractivity contribution in [3.8, 4) is 0 Å². The average Bonchev–Trinajstić information content (AvgIpc) is 2.39. The summed E-state index contributed by atoms with van der Waals surface area (Å²) in [6, 6.07) is 0. The van der Waals surface area contributed by atoms with E-state index in [1.807, 2.05) is 0 Å². The highest BCUT2D eigenvalue weighted by Gasteiger charge is 2.01. The van der Waals surface area contributed by atoms with Crippen molar-refractivity contribution >= 4 is 11.3 Å². The molecule has 1 rings (SSSR count). The first-order valence-corrected chi connectivity index (χ1v) is 5.23. The topological polar surface area (TPSA) is 0 Å². The summed E-state index contributed by atoms with van der Waals surface area (Å²) in [6.45, 7) is 4.45. The van der Waals surface area contributed by atoms with Gasteiger partial charge in [0, 0.05) is 5.38 Å². The summed E-state index contributed by atoms with van der Waals surface area (Å²) in [6.07, 6.45) is 4.93. The van der Waals surface area contributed by atoms with Crippen LogP contribution in [0.25, 0.3) is 0 Å². The Morgan fingerprint density at radius 2 is 2.00 bits per heavy atom. The fourth-order valence-corrected chi connectivity index (χ4v) is 2.09. The van der Waals surface area contributed by atoms with Crippen LogP contribution in [0.4, 0.5) is 0 Å². The lowest BCUT2D eigenvalue weighted by Crippen LogP contribution is -1.87. The van der Waals surface area contributed by atoms with Crippen molar-refractivity contribution in [3.63, 3.8) is 0 Å². The summed E-state index contributed by atoms with van der Waals surface area (Å²) in [4.78, 5) is 0. The van der Waals surface area contributed by atoms with E-state index < -0.39 is 0 Å². The molecule has 1 aromatic rings. The molecule has 0 saturated heterocycles. The Morgan fingerprint density at radius 1 is 1.27 bits per heavy atom. The first kappa shape index (κ1) is 8.79. The molecule has 0 N–H and O–H groups in total. The maximum absolute atomic E-state index is 3.33. The van der Waals surface area contributed by atoms with Gasteiger partial charge in [-0.1, -0.05) is 26.7 Å². The van der Waals surface area contributed by atoms with Gasteiger partial charge in [-0.05, 0) is 29.3 Å². The lowest BCUT2D eigenvalue weighted by atomic mass is 10.1. The average molecular weight is 167 g/mol. The van der Waals surface area contributed by atoms with Crippen molar-refractivity contribution in [3.05, 3.63) is 21.9 Å². The van der Waals surface area contributed by atoms with Crippen molar-refractivity contribution in [2.75, 3.05) is 0 Å². The summed E-state index contributed by atoms with van der Waals surface area (Å²) in [7, 11) is 0. The smallest absolute Gasteiger partial charge is 0.0480 e. The third-order valence-electron chi connectivity index (χ3n) is 1.79. The third-order valence-corrected chi connectivity index (χ3v) is 2.56. The van der Waals surface area contributed by atoms with Gasteiger partial charge in [0.05, 0.1) is 0 Å². The van der Waals surface area contributed by atoms with E-state index in [1.54, 1.807) is 11.3 Å². The summed E-state index contributed by atoms with van der Waals surface area (Å²) < 4.78 is 0. The second kappa shape index (κ2) is 4.55. The van der Waals surface area contributed by atoms with E-state index in [0.717, 1.165) is 0 Å². The van der Waals surface area contributed by atoms with Crippen molar-refractivity contribution in [2.45, 2.75) is 39.5 Å². The van der Waals surface area contributed by atoms with Gasteiger partial charge in [0.15, 0.2) is 0 Å². The van der Waals surface area contributed by atoms with Crippen LogP contribution < -0.4 is 0 Å². The molecule has 0 saturated carbocycles. The molecule has 1 aromatic heterocycles. The minimum atomic E-state index is 1.21. The van der Waals surface area contributed by atoms with E-state index in [2.05, 4.69) is 24.6 Å². The molecule has 0 bridgehead atoms. The lowest BCUT2D eigenvalue weighted by Gasteiger charge is -1.98. The summed E-state index contributed by atoms with van der Waals surface area (Å²) in [5.74, 6) is 0. The standard InChI is InChI=1S/C10H15S/c1-3-5-9-7-11-8-10(9)6-4-2/h7H,3-6H2,1-2H3. The maximum Gasteiger partial charge on any atom is 0.0480 e. The molecule has 0 nitrogen and oxygen atoms in total. The van der Waals surface area contributed by atoms with Gasteiger partial charge < -0.3 is 0 Å². The molecular weight excluding hydrogens is 152 g/mol. The highest BCUT2D eigenvalue weighted by molar-refractivity contribution is 7.07. The number of hydrogen-bond donors (Lipinski definition) is 0. The Labute approximate surface area is 73.3 Å². The Bertz CT molecular complexity index is 180. The van der Waals surface area contributed by atoms with Crippen LogP contribution in [0, 0.1) is 5.38 Å². The fraction of sp³-hybridized carbons (Fsp3) is 0.600. The Balaban J connectivity index is 2.62. The van der Waals surface area contributed by atoms with Crippen molar-refractivity contribution < 1.29 is 0 Å².